The van der Waals surface area contributed by atoms with Gasteiger partial charge in [0.05, 0.1) is 32.6 Å². The summed E-state index contributed by atoms with van der Waals surface area (Å²) in [5.74, 6) is 0.337. The molecule has 3 aromatic rings. The first-order valence-electron chi connectivity index (χ1n) is 8.46. The Morgan fingerprint density at radius 3 is 1.90 bits per heavy atom. The molecule has 0 amide bonds. The number of hydrogen-bond acceptors (Lipinski definition) is 5. The number of nitrogens with one attached hydrogen (secondary N) is 2. The van der Waals surface area contributed by atoms with Crippen molar-refractivity contribution in [3.8, 4) is 5.75 Å². The van der Waals surface area contributed by atoms with E-state index in [1.165, 1.54) is 67.8 Å². The highest BCUT2D eigenvalue weighted by molar-refractivity contribution is 7.93. The summed E-state index contributed by atoms with van der Waals surface area (Å²) in [4.78, 5) is -0.164. The third kappa shape index (κ3) is 5.55. The van der Waals surface area contributed by atoms with Crippen LogP contribution >= 0.6 is 34.8 Å². The molecule has 31 heavy (non-hydrogen) atoms. The Morgan fingerprint density at radius 1 is 0.710 bits per heavy atom. The van der Waals surface area contributed by atoms with Gasteiger partial charge in [0, 0.05) is 10.7 Å². The Kier molecular flexibility index (Phi) is 6.92. The molecule has 3 rings (SSSR count). The van der Waals surface area contributed by atoms with Crippen molar-refractivity contribution >= 4 is 66.2 Å². The van der Waals surface area contributed by atoms with E-state index < -0.39 is 20.0 Å². The highest BCUT2D eigenvalue weighted by Gasteiger charge is 2.19. The van der Waals surface area contributed by atoms with Gasteiger partial charge in [0.2, 0.25) is 0 Å². The van der Waals surface area contributed by atoms with E-state index in [1.54, 1.807) is 0 Å². The lowest BCUT2D eigenvalue weighted by molar-refractivity contribution is 0.414. The molecule has 0 atom stereocenters. The Morgan fingerprint density at radius 2 is 1.32 bits per heavy atom. The first-order valence-corrected chi connectivity index (χ1v) is 12.6. The van der Waals surface area contributed by atoms with Gasteiger partial charge in [-0.3, -0.25) is 9.44 Å². The lowest BCUT2D eigenvalue weighted by Crippen LogP contribution is -2.15. The zero-order valence-corrected chi connectivity index (χ0v) is 19.7. The maximum Gasteiger partial charge on any atom is 0.261 e. The number of anilines is 2. The Hall–Kier alpha value is -2.17. The van der Waals surface area contributed by atoms with E-state index in [-0.39, 0.29) is 31.2 Å². The van der Waals surface area contributed by atoms with Crippen LogP contribution in [0.5, 0.6) is 5.75 Å². The fourth-order valence-electron chi connectivity index (χ4n) is 2.51. The number of methoxy groups -OCH3 is 1. The van der Waals surface area contributed by atoms with Crippen molar-refractivity contribution in [2.24, 2.45) is 0 Å². The molecular weight excluding hydrogens is 507 g/mol. The maximum atomic E-state index is 12.6. The molecule has 0 radical (unpaired) electrons. The quantitative estimate of drug-likeness (QED) is 0.442. The first kappa shape index (κ1) is 23.5. The normalized spacial score (nSPS) is 11.7. The molecule has 12 heteroatoms. The molecule has 0 saturated carbocycles. The summed E-state index contributed by atoms with van der Waals surface area (Å²) in [6, 6.07) is 13.5. The number of hydrogen-bond donors (Lipinski definition) is 2. The zero-order chi connectivity index (χ0) is 22.8. The van der Waals surface area contributed by atoms with Crippen LogP contribution < -0.4 is 14.2 Å². The number of rotatable bonds is 7. The molecule has 0 saturated heterocycles. The van der Waals surface area contributed by atoms with Gasteiger partial charge in [0.15, 0.2) is 0 Å². The van der Waals surface area contributed by atoms with E-state index in [0.29, 0.717) is 10.8 Å². The van der Waals surface area contributed by atoms with Gasteiger partial charge in [0.1, 0.15) is 5.75 Å². The largest absolute Gasteiger partial charge is 0.495 e. The van der Waals surface area contributed by atoms with Crippen molar-refractivity contribution in [3.05, 3.63) is 75.7 Å². The van der Waals surface area contributed by atoms with E-state index in [0.717, 1.165) is 0 Å². The smallest absolute Gasteiger partial charge is 0.261 e. The van der Waals surface area contributed by atoms with E-state index in [9.17, 15) is 16.8 Å². The monoisotopic (exact) mass is 520 g/mol. The molecule has 0 spiro atoms. The SMILES string of the molecule is COc1ccc(S(=O)(=O)Nc2ccc(S(=O)(=O)Nc3ccc(Cl)cc3Cl)cc2)cc1Cl. The maximum absolute atomic E-state index is 12.6. The molecule has 0 aliphatic rings. The molecule has 3 aromatic carbocycles. The fraction of sp³-hybridized carbons (Fsp3) is 0.0526. The van der Waals surface area contributed by atoms with Crippen LogP contribution in [0.2, 0.25) is 15.1 Å². The molecule has 0 fully saturated rings. The molecule has 0 heterocycles. The first-order chi connectivity index (χ1) is 14.5. The van der Waals surface area contributed by atoms with Gasteiger partial charge < -0.3 is 4.74 Å². The van der Waals surface area contributed by atoms with E-state index in [2.05, 4.69) is 9.44 Å². The van der Waals surface area contributed by atoms with Crippen molar-refractivity contribution in [2.45, 2.75) is 9.79 Å². The van der Waals surface area contributed by atoms with E-state index in [1.807, 2.05) is 0 Å². The topological polar surface area (TPSA) is 102 Å². The summed E-state index contributed by atoms with van der Waals surface area (Å²) < 4.78 is 60.1. The standard InChI is InChI=1S/C19H15Cl3N2O5S2/c1-29-19-9-7-15(11-17(19)22)31(27,28)23-13-3-5-14(6-4-13)30(25,26)24-18-8-2-12(20)10-16(18)21/h2-11,23-24H,1H3. The van der Waals surface area contributed by atoms with Crippen LogP contribution in [0.25, 0.3) is 0 Å². The van der Waals surface area contributed by atoms with E-state index >= 15 is 0 Å². The summed E-state index contributed by atoms with van der Waals surface area (Å²) in [5, 5.41) is 0.639. The van der Waals surface area contributed by atoms with E-state index in [4.69, 9.17) is 39.5 Å². The third-order valence-electron chi connectivity index (χ3n) is 4.03. The Bertz CT molecular complexity index is 1330. The molecule has 164 valence electrons. The minimum absolute atomic E-state index is 0.0750. The van der Waals surface area contributed by atoms with Crippen LogP contribution in [0.1, 0.15) is 0 Å². The Labute approximate surface area is 195 Å². The van der Waals surface area contributed by atoms with Crippen molar-refractivity contribution in [1.82, 2.24) is 0 Å². The second-order valence-electron chi connectivity index (χ2n) is 6.16. The molecular formula is C19H15Cl3N2O5S2. The number of ether oxygens (including phenoxy) is 1. The Balaban J connectivity index is 1.80. The van der Waals surface area contributed by atoms with Gasteiger partial charge in [-0.15, -0.1) is 0 Å². The van der Waals surface area contributed by atoms with Gasteiger partial charge in [-0.2, -0.15) is 0 Å². The highest BCUT2D eigenvalue weighted by Crippen LogP contribution is 2.29. The van der Waals surface area contributed by atoms with Crippen LogP contribution in [0.4, 0.5) is 11.4 Å². The van der Waals surface area contributed by atoms with Crippen LogP contribution in [0, 0.1) is 0 Å². The second kappa shape index (κ2) is 9.13. The number of sulfonamides is 2. The summed E-state index contributed by atoms with van der Waals surface area (Å²) >= 11 is 17.8. The third-order valence-corrected chi connectivity index (χ3v) is 7.63. The van der Waals surface area contributed by atoms with Crippen LogP contribution in [0.3, 0.4) is 0 Å². The predicted molar refractivity (Wildman–Crippen MR) is 123 cm³/mol. The average Bonchev–Trinajstić information content (AvgIpc) is 2.70. The molecule has 0 aliphatic carbocycles. The predicted octanol–water partition coefficient (Wildman–Crippen LogP) is 5.26. The van der Waals surface area contributed by atoms with Crippen LogP contribution in [-0.4, -0.2) is 23.9 Å². The van der Waals surface area contributed by atoms with Gasteiger partial charge in [-0.25, -0.2) is 16.8 Å². The van der Waals surface area contributed by atoms with Crippen LogP contribution in [-0.2, 0) is 20.0 Å². The summed E-state index contributed by atoms with van der Waals surface area (Å²) in [5.41, 5.74) is 0.322. The number of halogens is 3. The van der Waals surface area contributed by atoms with Crippen molar-refractivity contribution in [3.63, 3.8) is 0 Å². The minimum Gasteiger partial charge on any atom is -0.495 e. The van der Waals surface area contributed by atoms with Gasteiger partial charge >= 0.3 is 0 Å². The molecule has 0 aliphatic heterocycles. The summed E-state index contributed by atoms with van der Waals surface area (Å²) in [6.45, 7) is 0. The molecule has 7 nitrogen and oxygen atoms in total. The zero-order valence-electron chi connectivity index (χ0n) is 15.8. The average molecular weight is 522 g/mol. The summed E-state index contributed by atoms with van der Waals surface area (Å²) in [7, 11) is -6.50. The fourth-order valence-corrected chi connectivity index (χ4v) is 5.50. The van der Waals surface area contributed by atoms with Crippen molar-refractivity contribution in [2.75, 3.05) is 16.6 Å². The van der Waals surface area contributed by atoms with Crippen molar-refractivity contribution < 1.29 is 21.6 Å². The minimum atomic E-state index is -3.96. The van der Waals surface area contributed by atoms with Gasteiger partial charge in [-0.05, 0) is 60.7 Å². The second-order valence-corrected chi connectivity index (χ2v) is 10.8. The molecule has 0 bridgehead atoms. The van der Waals surface area contributed by atoms with Crippen LogP contribution in [0.15, 0.2) is 70.5 Å². The van der Waals surface area contributed by atoms with Gasteiger partial charge in [-0.1, -0.05) is 34.8 Å². The highest BCUT2D eigenvalue weighted by atomic mass is 35.5. The lowest BCUT2D eigenvalue weighted by Gasteiger charge is -2.12. The summed E-state index contributed by atoms with van der Waals surface area (Å²) in [6.07, 6.45) is 0. The number of benzene rings is 3. The molecule has 2 N–H and O–H groups in total. The molecule has 0 aromatic heterocycles. The molecule has 0 unspecified atom stereocenters. The van der Waals surface area contributed by atoms with Gasteiger partial charge in [0.25, 0.3) is 20.0 Å². The van der Waals surface area contributed by atoms with Crippen molar-refractivity contribution in [1.29, 1.82) is 0 Å². The lowest BCUT2D eigenvalue weighted by atomic mass is 10.3.